The number of hydrogen-bond acceptors (Lipinski definition) is 5. The van der Waals surface area contributed by atoms with Crippen LogP contribution in [0.5, 0.6) is 0 Å². The first-order valence-corrected chi connectivity index (χ1v) is 8.20. The quantitative estimate of drug-likeness (QED) is 0.427. The Morgan fingerprint density at radius 3 is 2.55 bits per heavy atom. The summed E-state index contributed by atoms with van der Waals surface area (Å²) in [6, 6.07) is 13.1. The fraction of sp³-hybridized carbons (Fsp3) is 0.235. The average molecular weight is 314 g/mol. The van der Waals surface area contributed by atoms with E-state index in [1.165, 1.54) is 0 Å². The number of carbonyl (C=O) groups excluding carboxylic acids is 1. The van der Waals surface area contributed by atoms with E-state index in [0.717, 1.165) is 16.1 Å². The molecule has 114 valence electrons. The first-order chi connectivity index (χ1) is 10.7. The molecule has 4 nitrogen and oxygen atoms in total. The predicted molar refractivity (Wildman–Crippen MR) is 89.5 cm³/mol. The van der Waals surface area contributed by atoms with Gasteiger partial charge in [0.2, 0.25) is 0 Å². The molecule has 2 rings (SSSR count). The zero-order valence-electron chi connectivity index (χ0n) is 12.9. The van der Waals surface area contributed by atoms with Gasteiger partial charge in [-0.1, -0.05) is 18.2 Å². The van der Waals surface area contributed by atoms with Crippen molar-refractivity contribution in [3.63, 3.8) is 0 Å². The number of benzene rings is 2. The first-order valence-electron chi connectivity index (χ1n) is 6.98. The van der Waals surface area contributed by atoms with Crippen molar-refractivity contribution in [1.82, 2.24) is 0 Å². The first kappa shape index (κ1) is 16.2. The van der Waals surface area contributed by atoms with Gasteiger partial charge in [-0.2, -0.15) is 5.11 Å². The maximum absolute atomic E-state index is 11.9. The summed E-state index contributed by atoms with van der Waals surface area (Å²) in [5.41, 5.74) is 2.94. The van der Waals surface area contributed by atoms with E-state index in [2.05, 4.69) is 10.2 Å². The number of rotatable bonds is 5. The molecule has 2 aromatic rings. The molecule has 0 saturated carbocycles. The standard InChI is InChI=1S/C17H18N2O2S/c1-4-21-17(20)13-10-12(2)16(22-3)15(11-13)19-18-14-8-6-5-7-9-14/h5-11H,4H2,1-3H3. The Morgan fingerprint density at radius 2 is 1.91 bits per heavy atom. The molecule has 0 aliphatic carbocycles. The molecule has 0 unspecified atom stereocenters. The molecule has 0 heterocycles. The second kappa shape index (κ2) is 7.75. The Bertz CT molecular complexity index is 685. The summed E-state index contributed by atoms with van der Waals surface area (Å²) in [4.78, 5) is 12.9. The SMILES string of the molecule is CCOC(=O)c1cc(C)c(SC)c(N=Nc2ccccc2)c1. The smallest absolute Gasteiger partial charge is 0.338 e. The van der Waals surface area contributed by atoms with Crippen molar-refractivity contribution in [3.05, 3.63) is 53.6 Å². The summed E-state index contributed by atoms with van der Waals surface area (Å²) in [6.07, 6.45) is 1.98. The molecular weight excluding hydrogens is 296 g/mol. The van der Waals surface area contributed by atoms with Crippen molar-refractivity contribution in [2.45, 2.75) is 18.7 Å². The van der Waals surface area contributed by atoms with Crippen LogP contribution >= 0.6 is 11.8 Å². The third-order valence-electron chi connectivity index (χ3n) is 3.00. The topological polar surface area (TPSA) is 51.0 Å². The fourth-order valence-electron chi connectivity index (χ4n) is 2.03. The summed E-state index contributed by atoms with van der Waals surface area (Å²) in [5, 5.41) is 8.54. The molecule has 0 amide bonds. The van der Waals surface area contributed by atoms with Crippen molar-refractivity contribution in [2.75, 3.05) is 12.9 Å². The van der Waals surface area contributed by atoms with E-state index in [1.807, 2.05) is 49.6 Å². The minimum atomic E-state index is -0.339. The largest absolute Gasteiger partial charge is 0.462 e. The lowest BCUT2D eigenvalue weighted by Crippen LogP contribution is -2.05. The molecule has 0 bridgehead atoms. The van der Waals surface area contributed by atoms with Crippen LogP contribution in [0.2, 0.25) is 0 Å². The summed E-state index contributed by atoms with van der Waals surface area (Å²) in [6.45, 7) is 4.09. The number of nitrogens with zero attached hydrogens (tertiary/aromatic N) is 2. The fourth-order valence-corrected chi connectivity index (χ4v) is 2.72. The molecule has 0 saturated heterocycles. The Labute approximate surface area is 134 Å². The van der Waals surface area contributed by atoms with Crippen LogP contribution in [-0.4, -0.2) is 18.8 Å². The number of thioether (sulfide) groups is 1. The molecule has 0 N–H and O–H groups in total. The second-order valence-electron chi connectivity index (χ2n) is 4.60. The highest BCUT2D eigenvalue weighted by Gasteiger charge is 2.13. The van der Waals surface area contributed by atoms with Crippen LogP contribution in [0.15, 0.2) is 57.6 Å². The van der Waals surface area contributed by atoms with Crippen molar-refractivity contribution in [3.8, 4) is 0 Å². The molecule has 0 aromatic heterocycles. The highest BCUT2D eigenvalue weighted by molar-refractivity contribution is 7.98. The van der Waals surface area contributed by atoms with Crippen LogP contribution in [-0.2, 0) is 4.74 Å². The van der Waals surface area contributed by atoms with Crippen LogP contribution in [0.3, 0.4) is 0 Å². The van der Waals surface area contributed by atoms with Crippen LogP contribution in [0.25, 0.3) is 0 Å². The van der Waals surface area contributed by atoms with E-state index in [0.29, 0.717) is 17.9 Å². The van der Waals surface area contributed by atoms with E-state index >= 15 is 0 Å². The van der Waals surface area contributed by atoms with Gasteiger partial charge in [-0.25, -0.2) is 4.79 Å². The van der Waals surface area contributed by atoms with Gasteiger partial charge >= 0.3 is 5.97 Å². The number of carbonyl (C=O) groups is 1. The van der Waals surface area contributed by atoms with E-state index in [1.54, 1.807) is 24.8 Å². The third-order valence-corrected chi connectivity index (χ3v) is 3.94. The van der Waals surface area contributed by atoms with Crippen molar-refractivity contribution in [2.24, 2.45) is 10.2 Å². The highest BCUT2D eigenvalue weighted by Crippen LogP contribution is 2.34. The monoisotopic (exact) mass is 314 g/mol. The molecule has 0 aliphatic rings. The summed E-state index contributed by atoms with van der Waals surface area (Å²) in [7, 11) is 0. The van der Waals surface area contributed by atoms with Gasteiger partial charge in [0, 0.05) is 4.90 Å². The van der Waals surface area contributed by atoms with Crippen LogP contribution < -0.4 is 0 Å². The van der Waals surface area contributed by atoms with Crippen molar-refractivity contribution >= 4 is 29.1 Å². The predicted octanol–water partition coefficient (Wildman–Crippen LogP) is 5.31. The Balaban J connectivity index is 2.39. The lowest BCUT2D eigenvalue weighted by atomic mass is 10.1. The Morgan fingerprint density at radius 1 is 1.18 bits per heavy atom. The lowest BCUT2D eigenvalue weighted by molar-refractivity contribution is 0.0526. The average Bonchev–Trinajstić information content (AvgIpc) is 2.53. The molecule has 0 radical (unpaired) electrons. The zero-order chi connectivity index (χ0) is 15.9. The van der Waals surface area contributed by atoms with Gasteiger partial charge in [0.15, 0.2) is 0 Å². The normalized spacial score (nSPS) is 10.9. The summed E-state index contributed by atoms with van der Waals surface area (Å²) < 4.78 is 5.06. The highest BCUT2D eigenvalue weighted by atomic mass is 32.2. The number of hydrogen-bond donors (Lipinski definition) is 0. The van der Waals surface area contributed by atoms with Gasteiger partial charge in [-0.05, 0) is 49.9 Å². The molecule has 0 fully saturated rings. The summed E-state index contributed by atoms with van der Waals surface area (Å²) in [5.74, 6) is -0.339. The molecule has 2 aromatic carbocycles. The molecule has 0 aliphatic heterocycles. The van der Waals surface area contributed by atoms with Crippen LogP contribution in [0, 0.1) is 6.92 Å². The Kier molecular flexibility index (Phi) is 5.72. The molecular formula is C17H18N2O2S. The zero-order valence-corrected chi connectivity index (χ0v) is 13.7. The minimum Gasteiger partial charge on any atom is -0.462 e. The number of esters is 1. The van der Waals surface area contributed by atoms with Gasteiger partial charge in [-0.15, -0.1) is 16.9 Å². The second-order valence-corrected chi connectivity index (χ2v) is 5.42. The molecule has 5 heteroatoms. The van der Waals surface area contributed by atoms with Gasteiger partial charge in [0.1, 0.15) is 5.69 Å². The van der Waals surface area contributed by atoms with E-state index < -0.39 is 0 Å². The number of ether oxygens (including phenoxy) is 1. The van der Waals surface area contributed by atoms with Crippen molar-refractivity contribution in [1.29, 1.82) is 0 Å². The van der Waals surface area contributed by atoms with Crippen LogP contribution in [0.1, 0.15) is 22.8 Å². The van der Waals surface area contributed by atoms with E-state index in [9.17, 15) is 4.79 Å². The van der Waals surface area contributed by atoms with Crippen molar-refractivity contribution < 1.29 is 9.53 Å². The maximum Gasteiger partial charge on any atom is 0.338 e. The maximum atomic E-state index is 11.9. The number of aryl methyl sites for hydroxylation is 1. The lowest BCUT2D eigenvalue weighted by Gasteiger charge is -2.09. The van der Waals surface area contributed by atoms with Gasteiger partial charge in [-0.3, -0.25) is 0 Å². The van der Waals surface area contributed by atoms with Gasteiger partial charge in [0.25, 0.3) is 0 Å². The van der Waals surface area contributed by atoms with Crippen LogP contribution in [0.4, 0.5) is 11.4 Å². The summed E-state index contributed by atoms with van der Waals surface area (Å²) >= 11 is 1.59. The van der Waals surface area contributed by atoms with E-state index in [-0.39, 0.29) is 5.97 Å². The van der Waals surface area contributed by atoms with E-state index in [4.69, 9.17) is 4.74 Å². The third kappa shape index (κ3) is 3.95. The number of azo groups is 1. The molecule has 0 atom stereocenters. The molecule has 22 heavy (non-hydrogen) atoms. The van der Waals surface area contributed by atoms with Gasteiger partial charge < -0.3 is 4.74 Å². The minimum absolute atomic E-state index is 0.339. The molecule has 0 spiro atoms. The van der Waals surface area contributed by atoms with Gasteiger partial charge in [0.05, 0.1) is 17.9 Å². The Hall–Kier alpha value is -2.14.